The summed E-state index contributed by atoms with van der Waals surface area (Å²) in [6.45, 7) is 0. The number of benzene rings is 1. The summed E-state index contributed by atoms with van der Waals surface area (Å²) in [6.07, 6.45) is 0. The summed E-state index contributed by atoms with van der Waals surface area (Å²) >= 11 is 14.2. The van der Waals surface area contributed by atoms with Gasteiger partial charge in [0, 0.05) is 10.0 Å². The van der Waals surface area contributed by atoms with E-state index in [4.69, 9.17) is 17.3 Å². The standard InChI is InChI=1S/C13H7Br2ClFN3S/c14-6-4-8(21-12(6)15)11-9(13(18)20-19-11)5-2-1-3-7(16)10(5)17/h1-4H,(H3,18,19,20). The summed E-state index contributed by atoms with van der Waals surface area (Å²) in [5.41, 5.74) is 7.40. The molecule has 0 atom stereocenters. The molecule has 0 aliphatic heterocycles. The van der Waals surface area contributed by atoms with Crippen molar-refractivity contribution in [3.63, 3.8) is 0 Å². The maximum absolute atomic E-state index is 14.3. The molecule has 0 saturated carbocycles. The van der Waals surface area contributed by atoms with E-state index in [2.05, 4.69) is 42.1 Å². The number of thiophene rings is 1. The van der Waals surface area contributed by atoms with Crippen molar-refractivity contribution in [1.29, 1.82) is 0 Å². The van der Waals surface area contributed by atoms with E-state index in [0.29, 0.717) is 16.8 Å². The van der Waals surface area contributed by atoms with Crippen LogP contribution in [0.15, 0.2) is 32.5 Å². The zero-order valence-electron chi connectivity index (χ0n) is 10.3. The van der Waals surface area contributed by atoms with Gasteiger partial charge in [0.25, 0.3) is 0 Å². The zero-order chi connectivity index (χ0) is 15.1. The molecule has 3 rings (SSSR count). The second kappa shape index (κ2) is 5.72. The average molecular weight is 452 g/mol. The lowest BCUT2D eigenvalue weighted by atomic mass is 10.0. The fourth-order valence-electron chi connectivity index (χ4n) is 1.97. The summed E-state index contributed by atoms with van der Waals surface area (Å²) in [4.78, 5) is 0.882. The van der Waals surface area contributed by atoms with Gasteiger partial charge in [0.2, 0.25) is 0 Å². The number of nitrogens with one attached hydrogen (secondary N) is 1. The van der Waals surface area contributed by atoms with Gasteiger partial charge in [-0.1, -0.05) is 23.7 Å². The molecule has 8 heteroatoms. The van der Waals surface area contributed by atoms with Gasteiger partial charge in [-0.2, -0.15) is 5.10 Å². The molecule has 21 heavy (non-hydrogen) atoms. The minimum absolute atomic E-state index is 0.0487. The van der Waals surface area contributed by atoms with Gasteiger partial charge in [-0.15, -0.1) is 11.3 Å². The summed E-state index contributed by atoms with van der Waals surface area (Å²) in [5, 5.41) is 6.91. The van der Waals surface area contributed by atoms with Crippen LogP contribution in [0, 0.1) is 5.82 Å². The van der Waals surface area contributed by atoms with Crippen LogP contribution in [0.2, 0.25) is 5.02 Å². The summed E-state index contributed by atoms with van der Waals surface area (Å²) in [7, 11) is 0. The van der Waals surface area contributed by atoms with Crippen LogP contribution in [0.3, 0.4) is 0 Å². The van der Waals surface area contributed by atoms with Crippen molar-refractivity contribution in [2.75, 3.05) is 5.73 Å². The Hall–Kier alpha value is -0.890. The molecule has 0 unspecified atom stereocenters. The first-order valence-corrected chi connectivity index (χ1v) is 8.50. The predicted octanol–water partition coefficient (Wildman–Crippen LogP) is 5.70. The van der Waals surface area contributed by atoms with E-state index in [1.807, 2.05) is 6.07 Å². The molecule has 0 bridgehead atoms. The number of nitrogens with zero attached hydrogens (tertiary/aromatic N) is 1. The molecule has 0 spiro atoms. The first kappa shape index (κ1) is 15.0. The molecule has 0 radical (unpaired) electrons. The van der Waals surface area contributed by atoms with Crippen molar-refractivity contribution in [1.82, 2.24) is 10.2 Å². The third kappa shape index (κ3) is 2.63. The minimum Gasteiger partial charge on any atom is -0.382 e. The summed E-state index contributed by atoms with van der Waals surface area (Å²) in [6, 6.07) is 6.71. The van der Waals surface area contributed by atoms with Gasteiger partial charge < -0.3 is 5.73 Å². The van der Waals surface area contributed by atoms with Crippen molar-refractivity contribution < 1.29 is 4.39 Å². The maximum Gasteiger partial charge on any atom is 0.153 e. The SMILES string of the molecule is Nc1n[nH]c(-c2cc(Br)c(Br)s2)c1-c1cccc(Cl)c1F. The van der Waals surface area contributed by atoms with Crippen LogP contribution in [-0.4, -0.2) is 10.2 Å². The van der Waals surface area contributed by atoms with Crippen molar-refractivity contribution in [3.8, 4) is 21.7 Å². The van der Waals surface area contributed by atoms with Gasteiger partial charge in [0.15, 0.2) is 5.82 Å². The smallest absolute Gasteiger partial charge is 0.153 e. The Morgan fingerprint density at radius 3 is 2.76 bits per heavy atom. The largest absolute Gasteiger partial charge is 0.382 e. The Labute approximate surface area is 145 Å². The molecule has 0 aliphatic carbocycles. The normalized spacial score (nSPS) is 11.0. The molecule has 1 aromatic carbocycles. The Morgan fingerprint density at radius 1 is 1.33 bits per heavy atom. The third-order valence-electron chi connectivity index (χ3n) is 2.91. The monoisotopic (exact) mass is 449 g/mol. The lowest BCUT2D eigenvalue weighted by Crippen LogP contribution is -1.91. The molecule has 3 N–H and O–H groups in total. The van der Waals surface area contributed by atoms with Crippen molar-refractivity contribution >= 4 is 60.6 Å². The highest BCUT2D eigenvalue weighted by Gasteiger charge is 2.21. The van der Waals surface area contributed by atoms with E-state index < -0.39 is 5.82 Å². The Bertz CT molecular complexity index is 811. The number of H-pyrrole nitrogens is 1. The van der Waals surface area contributed by atoms with E-state index in [-0.39, 0.29) is 10.8 Å². The number of aromatic amines is 1. The highest BCUT2D eigenvalue weighted by molar-refractivity contribution is 9.13. The van der Waals surface area contributed by atoms with Gasteiger partial charge in [-0.25, -0.2) is 4.39 Å². The summed E-state index contributed by atoms with van der Waals surface area (Å²) < 4.78 is 16.1. The van der Waals surface area contributed by atoms with Crippen LogP contribution < -0.4 is 5.73 Å². The number of rotatable bonds is 2. The third-order valence-corrected chi connectivity index (χ3v) is 6.47. The maximum atomic E-state index is 14.3. The number of aromatic nitrogens is 2. The first-order chi connectivity index (χ1) is 9.99. The van der Waals surface area contributed by atoms with Crippen molar-refractivity contribution in [2.45, 2.75) is 0 Å². The lowest BCUT2D eigenvalue weighted by molar-refractivity contribution is 0.632. The van der Waals surface area contributed by atoms with E-state index in [1.165, 1.54) is 17.4 Å². The van der Waals surface area contributed by atoms with Crippen LogP contribution in [0.25, 0.3) is 21.7 Å². The second-order valence-electron chi connectivity index (χ2n) is 4.19. The predicted molar refractivity (Wildman–Crippen MR) is 92.1 cm³/mol. The van der Waals surface area contributed by atoms with Crippen molar-refractivity contribution in [2.24, 2.45) is 0 Å². The van der Waals surface area contributed by atoms with Crippen LogP contribution in [0.5, 0.6) is 0 Å². The molecule has 0 fully saturated rings. The number of nitrogen functional groups attached to an aromatic ring is 1. The number of hydrogen-bond donors (Lipinski definition) is 2. The van der Waals surface area contributed by atoms with Gasteiger partial charge in [-0.3, -0.25) is 5.10 Å². The van der Waals surface area contributed by atoms with E-state index in [1.54, 1.807) is 12.1 Å². The first-order valence-electron chi connectivity index (χ1n) is 5.72. The van der Waals surface area contributed by atoms with Gasteiger partial charge in [0.05, 0.1) is 24.9 Å². The van der Waals surface area contributed by atoms with Gasteiger partial charge >= 0.3 is 0 Å². The quantitative estimate of drug-likeness (QED) is 0.525. The van der Waals surface area contributed by atoms with Crippen molar-refractivity contribution in [3.05, 3.63) is 43.4 Å². The molecular weight excluding hydrogens is 444 g/mol. The molecular formula is C13H7Br2ClFN3S. The van der Waals surface area contributed by atoms with Crippen LogP contribution in [-0.2, 0) is 0 Å². The molecule has 2 heterocycles. The molecule has 0 saturated heterocycles. The minimum atomic E-state index is -0.511. The molecule has 3 nitrogen and oxygen atoms in total. The fourth-order valence-corrected chi connectivity index (χ4v) is 4.19. The van der Waals surface area contributed by atoms with Crippen LogP contribution >= 0.6 is 54.8 Å². The topological polar surface area (TPSA) is 54.7 Å². The van der Waals surface area contributed by atoms with Gasteiger partial charge in [-0.05, 0) is 44.0 Å². The molecule has 0 aliphatic rings. The number of halogens is 4. The molecule has 3 aromatic rings. The Kier molecular flexibility index (Phi) is 4.09. The molecule has 0 amide bonds. The number of hydrogen-bond acceptors (Lipinski definition) is 3. The summed E-state index contributed by atoms with van der Waals surface area (Å²) in [5.74, 6) is -0.282. The number of nitrogens with two attached hydrogens (primary N) is 1. The highest BCUT2D eigenvalue weighted by atomic mass is 79.9. The van der Waals surface area contributed by atoms with Gasteiger partial charge in [0.1, 0.15) is 5.82 Å². The Balaban J connectivity index is 2.24. The van der Waals surface area contributed by atoms with E-state index in [0.717, 1.165) is 13.1 Å². The second-order valence-corrected chi connectivity index (χ2v) is 7.82. The highest BCUT2D eigenvalue weighted by Crippen LogP contribution is 2.43. The lowest BCUT2D eigenvalue weighted by Gasteiger charge is -2.05. The average Bonchev–Trinajstić information content (AvgIpc) is 2.97. The molecule has 108 valence electrons. The van der Waals surface area contributed by atoms with Crippen LogP contribution in [0.4, 0.5) is 10.2 Å². The number of anilines is 1. The molecule has 2 aromatic heterocycles. The fraction of sp³-hybridized carbons (Fsp3) is 0. The van der Waals surface area contributed by atoms with E-state index >= 15 is 0 Å². The zero-order valence-corrected chi connectivity index (χ0v) is 15.0. The Morgan fingerprint density at radius 2 is 2.10 bits per heavy atom. The van der Waals surface area contributed by atoms with E-state index in [9.17, 15) is 4.39 Å². The van der Waals surface area contributed by atoms with Crippen LogP contribution in [0.1, 0.15) is 0 Å².